The number of unbranched alkanes of at least 4 members (excludes halogenated alkanes) is 1. The topological polar surface area (TPSA) is 116 Å². The number of nitrogens with zero attached hydrogens (tertiary/aromatic N) is 4. The smallest absolute Gasteiger partial charge is 0.254 e. The van der Waals surface area contributed by atoms with E-state index in [0.29, 0.717) is 18.3 Å². The van der Waals surface area contributed by atoms with E-state index in [1.807, 2.05) is 29.2 Å². The summed E-state index contributed by atoms with van der Waals surface area (Å²) >= 11 is 0. The second-order valence-electron chi connectivity index (χ2n) is 7.78. The van der Waals surface area contributed by atoms with E-state index < -0.39 is 5.91 Å². The van der Waals surface area contributed by atoms with Crippen molar-refractivity contribution in [3.8, 4) is 0 Å². The van der Waals surface area contributed by atoms with Crippen molar-refractivity contribution < 1.29 is 9.59 Å². The van der Waals surface area contributed by atoms with Gasteiger partial charge in [0.25, 0.3) is 5.91 Å². The minimum atomic E-state index is -0.561. The molecule has 1 fully saturated rings. The molecule has 0 saturated carbocycles. The van der Waals surface area contributed by atoms with Gasteiger partial charge >= 0.3 is 0 Å². The lowest BCUT2D eigenvalue weighted by molar-refractivity contribution is -0.131. The Morgan fingerprint density at radius 3 is 2.58 bits per heavy atom. The second kappa shape index (κ2) is 10.1. The highest BCUT2D eigenvalue weighted by Crippen LogP contribution is 2.23. The minimum Gasteiger partial charge on any atom is -0.369 e. The van der Waals surface area contributed by atoms with E-state index in [9.17, 15) is 9.59 Å². The van der Waals surface area contributed by atoms with Crippen LogP contribution < -0.4 is 21.3 Å². The zero-order chi connectivity index (χ0) is 22.4. The van der Waals surface area contributed by atoms with Crippen LogP contribution in [0, 0.1) is 0 Å². The third kappa shape index (κ3) is 5.62. The first-order valence-corrected chi connectivity index (χ1v) is 10.7. The fraction of sp³-hybridized carbons (Fsp3) is 0.455. The number of benzene rings is 1. The van der Waals surface area contributed by atoms with Crippen molar-refractivity contribution in [2.45, 2.75) is 39.7 Å². The zero-order valence-electron chi connectivity index (χ0n) is 18.4. The third-order valence-corrected chi connectivity index (χ3v) is 5.40. The summed E-state index contributed by atoms with van der Waals surface area (Å²) in [5, 5.41) is 6.34. The molecule has 0 aliphatic carbocycles. The van der Waals surface area contributed by atoms with Gasteiger partial charge in [0.05, 0.1) is 5.56 Å². The predicted octanol–water partition coefficient (Wildman–Crippen LogP) is 2.59. The molecule has 1 atom stereocenters. The van der Waals surface area contributed by atoms with Gasteiger partial charge in [-0.25, -0.2) is 4.98 Å². The van der Waals surface area contributed by atoms with Gasteiger partial charge in [0.1, 0.15) is 5.82 Å². The Labute approximate surface area is 183 Å². The first kappa shape index (κ1) is 22.3. The molecule has 1 saturated heterocycles. The van der Waals surface area contributed by atoms with Gasteiger partial charge in [0.15, 0.2) is 0 Å². The molecule has 9 heteroatoms. The first-order valence-electron chi connectivity index (χ1n) is 10.7. The molecule has 166 valence electrons. The number of carbonyl (C=O) groups excluding carboxylic acids is 2. The maximum absolute atomic E-state index is 11.7. The number of hydrogen-bond donors (Lipinski definition) is 3. The molecule has 0 bridgehead atoms. The molecule has 3 rings (SSSR count). The van der Waals surface area contributed by atoms with Gasteiger partial charge in [-0.05, 0) is 37.6 Å². The van der Waals surface area contributed by atoms with E-state index in [1.54, 1.807) is 6.92 Å². The van der Waals surface area contributed by atoms with Crippen LogP contribution in [0.4, 0.5) is 23.1 Å². The summed E-state index contributed by atoms with van der Waals surface area (Å²) < 4.78 is 0. The van der Waals surface area contributed by atoms with Crippen LogP contribution in [0.2, 0.25) is 0 Å². The molecule has 4 N–H and O–H groups in total. The number of primary amides is 1. The molecule has 0 spiro atoms. The lowest BCUT2D eigenvalue weighted by Crippen LogP contribution is -2.53. The molecular weight excluding hydrogens is 394 g/mol. The Bertz CT molecular complexity index is 917. The lowest BCUT2D eigenvalue weighted by Gasteiger charge is -2.40. The van der Waals surface area contributed by atoms with Crippen LogP contribution in [-0.4, -0.2) is 58.9 Å². The average molecular weight is 426 g/mol. The highest BCUT2D eigenvalue weighted by molar-refractivity contribution is 5.97. The van der Waals surface area contributed by atoms with Crippen LogP contribution in [0.3, 0.4) is 0 Å². The summed E-state index contributed by atoms with van der Waals surface area (Å²) in [5.41, 5.74) is 7.65. The molecule has 0 unspecified atom stereocenters. The molecule has 1 aliphatic rings. The number of aromatic nitrogens is 2. The minimum absolute atomic E-state index is 0.123. The number of nitrogens with two attached hydrogens (primary N) is 1. The molecular formula is C22H31N7O2. The number of carbonyl (C=O) groups is 2. The van der Waals surface area contributed by atoms with Crippen molar-refractivity contribution in [3.63, 3.8) is 0 Å². The van der Waals surface area contributed by atoms with Gasteiger partial charge in [-0.2, -0.15) is 4.98 Å². The molecule has 31 heavy (non-hydrogen) atoms. The summed E-state index contributed by atoms with van der Waals surface area (Å²) in [5.74, 6) is 0.388. The van der Waals surface area contributed by atoms with Gasteiger partial charge in [0.2, 0.25) is 11.9 Å². The maximum Gasteiger partial charge on any atom is 0.254 e. The normalized spacial score (nSPS) is 16.2. The van der Waals surface area contributed by atoms with Crippen molar-refractivity contribution in [1.29, 1.82) is 0 Å². The van der Waals surface area contributed by atoms with E-state index >= 15 is 0 Å². The number of hydrogen-bond acceptors (Lipinski definition) is 7. The van der Waals surface area contributed by atoms with Gasteiger partial charge < -0.3 is 26.2 Å². The third-order valence-electron chi connectivity index (χ3n) is 5.40. The largest absolute Gasteiger partial charge is 0.369 e. The van der Waals surface area contributed by atoms with Crippen LogP contribution in [0.1, 0.15) is 44.0 Å². The highest BCUT2D eigenvalue weighted by atomic mass is 16.2. The fourth-order valence-corrected chi connectivity index (χ4v) is 3.69. The van der Waals surface area contributed by atoms with Crippen LogP contribution in [0.5, 0.6) is 0 Å². The van der Waals surface area contributed by atoms with Crippen LogP contribution >= 0.6 is 0 Å². The number of piperazine rings is 1. The monoisotopic (exact) mass is 425 g/mol. The van der Waals surface area contributed by atoms with E-state index in [0.717, 1.165) is 43.9 Å². The van der Waals surface area contributed by atoms with Crippen LogP contribution in [-0.2, 0) is 4.79 Å². The summed E-state index contributed by atoms with van der Waals surface area (Å²) in [6, 6.07) is 8.19. The SMILES string of the molecule is CCCCNc1nc(Nc2ccc(N3CCN(C(C)=O)[C@@H](C)C3)cc2)ncc1C(N)=O. The van der Waals surface area contributed by atoms with E-state index in [2.05, 4.69) is 39.3 Å². The second-order valence-corrected chi connectivity index (χ2v) is 7.78. The van der Waals surface area contributed by atoms with Gasteiger partial charge in [-0.3, -0.25) is 9.59 Å². The fourth-order valence-electron chi connectivity index (χ4n) is 3.69. The molecule has 2 amide bonds. The van der Waals surface area contributed by atoms with Gasteiger partial charge in [-0.15, -0.1) is 0 Å². The summed E-state index contributed by atoms with van der Waals surface area (Å²) in [7, 11) is 0. The van der Waals surface area contributed by atoms with Crippen molar-refractivity contribution >= 4 is 35.0 Å². The van der Waals surface area contributed by atoms with E-state index in [4.69, 9.17) is 5.73 Å². The lowest BCUT2D eigenvalue weighted by atomic mass is 10.1. The number of amides is 2. The number of rotatable bonds is 8. The zero-order valence-corrected chi connectivity index (χ0v) is 18.4. The average Bonchev–Trinajstić information content (AvgIpc) is 2.74. The molecule has 9 nitrogen and oxygen atoms in total. The number of nitrogens with one attached hydrogen (secondary N) is 2. The molecule has 1 aliphatic heterocycles. The van der Waals surface area contributed by atoms with Crippen molar-refractivity contribution in [3.05, 3.63) is 36.0 Å². The van der Waals surface area contributed by atoms with E-state index in [-0.39, 0.29) is 17.5 Å². The van der Waals surface area contributed by atoms with Crippen LogP contribution in [0.15, 0.2) is 30.5 Å². The quantitative estimate of drug-likeness (QED) is 0.557. The standard InChI is InChI=1S/C22H31N7O2/c1-4-5-10-24-21-19(20(23)31)13-25-22(27-21)26-17-6-8-18(9-7-17)28-11-12-29(16(3)30)15(2)14-28/h6-9,13,15H,4-5,10-12,14H2,1-3H3,(H2,23,31)(H2,24,25,26,27)/t15-/m0/s1. The van der Waals surface area contributed by atoms with E-state index in [1.165, 1.54) is 6.20 Å². The molecule has 1 aromatic heterocycles. The number of anilines is 4. The Morgan fingerprint density at radius 2 is 1.97 bits per heavy atom. The molecule has 2 heterocycles. The molecule has 1 aromatic carbocycles. The summed E-state index contributed by atoms with van der Waals surface area (Å²) in [6.07, 6.45) is 3.44. The van der Waals surface area contributed by atoms with Gasteiger partial charge in [-0.1, -0.05) is 13.3 Å². The Morgan fingerprint density at radius 1 is 1.23 bits per heavy atom. The Hall–Kier alpha value is -3.36. The van der Waals surface area contributed by atoms with Crippen LogP contribution in [0.25, 0.3) is 0 Å². The van der Waals surface area contributed by atoms with Crippen molar-refractivity contribution in [2.75, 3.05) is 41.7 Å². The van der Waals surface area contributed by atoms with Crippen molar-refractivity contribution in [1.82, 2.24) is 14.9 Å². The maximum atomic E-state index is 11.7. The Balaban J connectivity index is 1.67. The predicted molar refractivity (Wildman–Crippen MR) is 123 cm³/mol. The highest BCUT2D eigenvalue weighted by Gasteiger charge is 2.25. The molecule has 0 radical (unpaired) electrons. The summed E-state index contributed by atoms with van der Waals surface area (Å²) in [4.78, 5) is 36.2. The molecule has 2 aromatic rings. The summed E-state index contributed by atoms with van der Waals surface area (Å²) in [6.45, 7) is 8.83. The first-order chi connectivity index (χ1) is 14.9. The van der Waals surface area contributed by atoms with Crippen molar-refractivity contribution in [2.24, 2.45) is 5.73 Å². The van der Waals surface area contributed by atoms with Gasteiger partial charge in [0, 0.05) is 56.7 Å². The Kier molecular flexibility index (Phi) is 7.28.